The zero-order valence-corrected chi connectivity index (χ0v) is 15.2. The molecule has 0 N–H and O–H groups in total. The molecule has 3 heterocycles. The Morgan fingerprint density at radius 3 is 2.65 bits per heavy atom. The molecule has 126 valence electrons. The summed E-state index contributed by atoms with van der Waals surface area (Å²) in [7, 11) is 0. The molecule has 0 saturated carbocycles. The molecule has 0 unspecified atom stereocenters. The highest BCUT2D eigenvalue weighted by Crippen LogP contribution is 2.27. The number of nitrogens with zero attached hydrogens (tertiary/aromatic N) is 3. The first-order valence-electron chi connectivity index (χ1n) is 8.36. The summed E-state index contributed by atoms with van der Waals surface area (Å²) in [6.07, 6.45) is 4.66. The van der Waals surface area contributed by atoms with Gasteiger partial charge in [-0.2, -0.15) is 0 Å². The molecule has 0 aromatic carbocycles. The van der Waals surface area contributed by atoms with Gasteiger partial charge in [-0.3, -0.25) is 4.79 Å². The van der Waals surface area contributed by atoms with Gasteiger partial charge in [0.05, 0.1) is 13.2 Å². The van der Waals surface area contributed by atoms with Crippen LogP contribution in [0.5, 0.6) is 0 Å². The Labute approximate surface area is 146 Å². The Morgan fingerprint density at radius 1 is 1.30 bits per heavy atom. The van der Waals surface area contributed by atoms with Gasteiger partial charge in [0, 0.05) is 43.3 Å². The molecule has 1 aromatic heterocycles. The van der Waals surface area contributed by atoms with E-state index < -0.39 is 0 Å². The van der Waals surface area contributed by atoms with Crippen LogP contribution in [-0.4, -0.2) is 55.2 Å². The average molecular weight is 382 g/mol. The number of hydrogen-bond donors (Lipinski definition) is 0. The Bertz CT molecular complexity index is 553. The molecule has 23 heavy (non-hydrogen) atoms. The number of morpholine rings is 1. The van der Waals surface area contributed by atoms with Gasteiger partial charge in [0.25, 0.3) is 0 Å². The van der Waals surface area contributed by atoms with Crippen LogP contribution >= 0.6 is 15.9 Å². The number of amides is 1. The number of pyridine rings is 1. The number of piperidine rings is 1. The molecule has 0 bridgehead atoms. The number of aromatic nitrogens is 1. The van der Waals surface area contributed by atoms with Gasteiger partial charge in [0.15, 0.2) is 0 Å². The quantitative estimate of drug-likeness (QED) is 0.807. The molecule has 0 radical (unpaired) electrons. The first-order chi connectivity index (χ1) is 11.1. The molecule has 5 nitrogen and oxygen atoms in total. The maximum atomic E-state index is 12.3. The summed E-state index contributed by atoms with van der Waals surface area (Å²) < 4.78 is 6.33. The van der Waals surface area contributed by atoms with Crippen LogP contribution in [0.25, 0.3) is 0 Å². The number of aryl methyl sites for hydroxylation is 1. The third-order valence-electron chi connectivity index (χ3n) is 4.76. The lowest BCUT2D eigenvalue weighted by Gasteiger charge is -2.34. The van der Waals surface area contributed by atoms with Crippen LogP contribution in [0.3, 0.4) is 0 Å². The maximum absolute atomic E-state index is 12.3. The lowest BCUT2D eigenvalue weighted by Crippen LogP contribution is -2.42. The summed E-state index contributed by atoms with van der Waals surface area (Å²) >= 11 is 3.46. The number of halogens is 1. The lowest BCUT2D eigenvalue weighted by atomic mass is 9.92. The highest BCUT2D eigenvalue weighted by molar-refractivity contribution is 9.10. The van der Waals surface area contributed by atoms with Crippen LogP contribution in [0.2, 0.25) is 0 Å². The number of ether oxygens (including phenoxy) is 1. The van der Waals surface area contributed by atoms with Gasteiger partial charge in [0.2, 0.25) is 5.91 Å². The van der Waals surface area contributed by atoms with Gasteiger partial charge < -0.3 is 14.5 Å². The summed E-state index contributed by atoms with van der Waals surface area (Å²) in [6.45, 7) is 6.92. The van der Waals surface area contributed by atoms with Gasteiger partial charge in [-0.05, 0) is 53.2 Å². The number of carbonyl (C=O) groups is 1. The predicted molar refractivity (Wildman–Crippen MR) is 93.6 cm³/mol. The van der Waals surface area contributed by atoms with E-state index in [1.54, 1.807) is 0 Å². The van der Waals surface area contributed by atoms with E-state index in [2.05, 4.69) is 38.8 Å². The van der Waals surface area contributed by atoms with Gasteiger partial charge in [0.1, 0.15) is 5.82 Å². The van der Waals surface area contributed by atoms with Crippen molar-refractivity contribution in [3.05, 3.63) is 22.3 Å². The van der Waals surface area contributed by atoms with Crippen molar-refractivity contribution in [2.24, 2.45) is 5.92 Å². The zero-order valence-electron chi connectivity index (χ0n) is 13.6. The Hall–Kier alpha value is -1.14. The van der Waals surface area contributed by atoms with E-state index in [-0.39, 0.29) is 0 Å². The van der Waals surface area contributed by atoms with Crippen molar-refractivity contribution < 1.29 is 9.53 Å². The molecule has 6 heteroatoms. The Morgan fingerprint density at radius 2 is 2.00 bits per heavy atom. The molecule has 0 atom stereocenters. The molecule has 2 fully saturated rings. The summed E-state index contributed by atoms with van der Waals surface area (Å²) in [6, 6.07) is 2.11. The van der Waals surface area contributed by atoms with Crippen LogP contribution in [0.15, 0.2) is 16.7 Å². The normalized spacial score (nSPS) is 19.9. The molecule has 3 rings (SSSR count). The van der Waals surface area contributed by atoms with Gasteiger partial charge in [-0.25, -0.2) is 4.98 Å². The van der Waals surface area contributed by atoms with E-state index in [1.165, 1.54) is 5.56 Å². The van der Waals surface area contributed by atoms with Gasteiger partial charge >= 0.3 is 0 Å². The minimum absolute atomic E-state index is 0.296. The maximum Gasteiger partial charge on any atom is 0.223 e. The van der Waals surface area contributed by atoms with Crippen LogP contribution in [0.1, 0.15) is 24.8 Å². The highest BCUT2D eigenvalue weighted by atomic mass is 79.9. The molecule has 0 spiro atoms. The van der Waals surface area contributed by atoms with Crippen molar-refractivity contribution in [2.75, 3.05) is 44.3 Å². The van der Waals surface area contributed by atoms with Crippen molar-refractivity contribution in [1.82, 2.24) is 9.88 Å². The van der Waals surface area contributed by atoms with Crippen molar-refractivity contribution in [2.45, 2.75) is 26.2 Å². The minimum atomic E-state index is 0.296. The van der Waals surface area contributed by atoms with E-state index in [9.17, 15) is 4.79 Å². The summed E-state index contributed by atoms with van der Waals surface area (Å²) in [5, 5.41) is 0. The summed E-state index contributed by atoms with van der Waals surface area (Å²) in [5.74, 6) is 1.87. The fraction of sp³-hybridized carbons (Fsp3) is 0.647. The second kappa shape index (κ2) is 7.62. The minimum Gasteiger partial charge on any atom is -0.378 e. The van der Waals surface area contributed by atoms with E-state index in [4.69, 9.17) is 4.74 Å². The summed E-state index contributed by atoms with van der Waals surface area (Å²) in [4.78, 5) is 21.2. The fourth-order valence-electron chi connectivity index (χ4n) is 3.40. The van der Waals surface area contributed by atoms with Gasteiger partial charge in [-0.15, -0.1) is 0 Å². The van der Waals surface area contributed by atoms with E-state index in [0.717, 1.165) is 49.3 Å². The molecule has 2 aliphatic rings. The van der Waals surface area contributed by atoms with Crippen molar-refractivity contribution >= 4 is 27.7 Å². The Kier molecular flexibility index (Phi) is 5.54. The largest absolute Gasteiger partial charge is 0.378 e. The standard InChI is InChI=1S/C17H24BrN3O2/c1-13-10-15(18)12-19-17(13)21-4-2-14(3-5-21)11-16(22)20-6-8-23-9-7-20/h10,12,14H,2-9,11H2,1H3. The lowest BCUT2D eigenvalue weighted by molar-refractivity contribution is -0.136. The van der Waals surface area contributed by atoms with E-state index in [0.29, 0.717) is 31.5 Å². The second-order valence-electron chi connectivity index (χ2n) is 6.42. The van der Waals surface area contributed by atoms with Crippen LogP contribution < -0.4 is 4.90 Å². The van der Waals surface area contributed by atoms with Crippen LogP contribution in [0, 0.1) is 12.8 Å². The molecular weight excluding hydrogens is 358 g/mol. The highest BCUT2D eigenvalue weighted by Gasteiger charge is 2.25. The van der Waals surface area contributed by atoms with Crippen molar-refractivity contribution in [3.8, 4) is 0 Å². The molecule has 2 aliphatic heterocycles. The smallest absolute Gasteiger partial charge is 0.223 e. The van der Waals surface area contributed by atoms with Crippen molar-refractivity contribution in [3.63, 3.8) is 0 Å². The molecule has 1 amide bonds. The summed E-state index contributed by atoms with van der Waals surface area (Å²) in [5.41, 5.74) is 1.20. The van der Waals surface area contributed by atoms with E-state index in [1.807, 2.05) is 11.1 Å². The fourth-order valence-corrected chi connectivity index (χ4v) is 3.85. The van der Waals surface area contributed by atoms with Gasteiger partial charge in [-0.1, -0.05) is 0 Å². The number of rotatable bonds is 3. The number of anilines is 1. The van der Waals surface area contributed by atoms with Crippen LogP contribution in [0.4, 0.5) is 5.82 Å². The SMILES string of the molecule is Cc1cc(Br)cnc1N1CCC(CC(=O)N2CCOCC2)CC1. The molecule has 2 saturated heterocycles. The molecule has 0 aliphatic carbocycles. The molecule has 1 aromatic rings. The third kappa shape index (κ3) is 4.23. The number of hydrogen-bond acceptors (Lipinski definition) is 4. The topological polar surface area (TPSA) is 45.7 Å². The van der Waals surface area contributed by atoms with Crippen molar-refractivity contribution in [1.29, 1.82) is 0 Å². The average Bonchev–Trinajstić information content (AvgIpc) is 2.57. The third-order valence-corrected chi connectivity index (χ3v) is 5.19. The van der Waals surface area contributed by atoms with E-state index >= 15 is 0 Å². The molecular formula is C17H24BrN3O2. The first kappa shape index (κ1) is 16.7. The zero-order chi connectivity index (χ0) is 16.2. The van der Waals surface area contributed by atoms with Crippen LogP contribution in [-0.2, 0) is 9.53 Å². The second-order valence-corrected chi connectivity index (χ2v) is 7.34. The Balaban J connectivity index is 1.51. The predicted octanol–water partition coefficient (Wildman–Crippen LogP) is 2.62. The number of carbonyl (C=O) groups excluding carboxylic acids is 1. The first-order valence-corrected chi connectivity index (χ1v) is 9.15. The monoisotopic (exact) mass is 381 g/mol.